The second kappa shape index (κ2) is 1.50. The van der Waals surface area contributed by atoms with E-state index in [-0.39, 0.29) is 0 Å². The van der Waals surface area contributed by atoms with Gasteiger partial charge in [-0.3, -0.25) is 0 Å². The molecule has 48 valence electrons. The molecule has 3 heteroatoms. The Hall–Kier alpha value is -0.990. The predicted molar refractivity (Wildman–Crippen MR) is 30.4 cm³/mol. The van der Waals surface area contributed by atoms with Crippen LogP contribution in [0.15, 0.2) is 4.42 Å². The standard InChI is InChI=1S/C6H7NO2/c1-4-7-5-2-3-8-6(5)9-4/h2-3H2,1H3. The molecule has 0 radical (unpaired) electrons. The van der Waals surface area contributed by atoms with E-state index in [0.717, 1.165) is 18.7 Å². The number of aryl methyl sites for hydroxylation is 1. The Morgan fingerprint density at radius 2 is 2.44 bits per heavy atom. The van der Waals surface area contributed by atoms with Crippen molar-refractivity contribution in [3.05, 3.63) is 11.6 Å². The fourth-order valence-corrected chi connectivity index (χ4v) is 0.963. The van der Waals surface area contributed by atoms with Crippen molar-refractivity contribution in [2.45, 2.75) is 13.3 Å². The number of nitrogens with zero attached hydrogens (tertiary/aromatic N) is 1. The third-order valence-corrected chi connectivity index (χ3v) is 1.34. The van der Waals surface area contributed by atoms with Gasteiger partial charge in [0.1, 0.15) is 5.69 Å². The van der Waals surface area contributed by atoms with Crippen LogP contribution in [0.4, 0.5) is 0 Å². The van der Waals surface area contributed by atoms with E-state index in [2.05, 4.69) is 4.98 Å². The van der Waals surface area contributed by atoms with E-state index in [9.17, 15) is 0 Å². The number of aromatic nitrogens is 1. The lowest BCUT2D eigenvalue weighted by molar-refractivity contribution is 0.267. The summed E-state index contributed by atoms with van der Waals surface area (Å²) >= 11 is 0. The van der Waals surface area contributed by atoms with E-state index in [0.29, 0.717) is 11.8 Å². The molecule has 3 nitrogen and oxygen atoms in total. The van der Waals surface area contributed by atoms with Crippen molar-refractivity contribution in [2.75, 3.05) is 6.61 Å². The van der Waals surface area contributed by atoms with Crippen molar-refractivity contribution >= 4 is 0 Å². The Morgan fingerprint density at radius 3 is 3.22 bits per heavy atom. The monoisotopic (exact) mass is 125 g/mol. The molecule has 0 aromatic carbocycles. The largest absolute Gasteiger partial charge is 0.463 e. The lowest BCUT2D eigenvalue weighted by Gasteiger charge is -1.87. The molecule has 0 unspecified atom stereocenters. The molecule has 0 bridgehead atoms. The molecule has 9 heavy (non-hydrogen) atoms. The molecule has 0 N–H and O–H groups in total. The highest BCUT2D eigenvalue weighted by Crippen LogP contribution is 2.24. The molecule has 0 spiro atoms. The van der Waals surface area contributed by atoms with Crippen molar-refractivity contribution in [1.82, 2.24) is 4.98 Å². The zero-order valence-electron chi connectivity index (χ0n) is 5.18. The zero-order valence-corrected chi connectivity index (χ0v) is 5.18. The number of fused-ring (bicyclic) bond motifs is 1. The third kappa shape index (κ3) is 0.608. The molecular weight excluding hydrogens is 118 g/mol. The van der Waals surface area contributed by atoms with E-state index in [1.807, 2.05) is 6.92 Å². The molecule has 0 amide bonds. The normalized spacial score (nSPS) is 15.2. The van der Waals surface area contributed by atoms with Crippen LogP contribution in [-0.4, -0.2) is 11.6 Å². The van der Waals surface area contributed by atoms with Crippen molar-refractivity contribution < 1.29 is 9.15 Å². The molecule has 1 aromatic heterocycles. The predicted octanol–water partition coefficient (Wildman–Crippen LogP) is 0.918. The van der Waals surface area contributed by atoms with Gasteiger partial charge >= 0.3 is 5.95 Å². The number of rotatable bonds is 0. The van der Waals surface area contributed by atoms with Gasteiger partial charge in [-0.25, -0.2) is 4.98 Å². The Balaban J connectivity index is 2.51. The van der Waals surface area contributed by atoms with Crippen molar-refractivity contribution in [1.29, 1.82) is 0 Å². The maximum Gasteiger partial charge on any atom is 0.308 e. The third-order valence-electron chi connectivity index (χ3n) is 1.34. The summed E-state index contributed by atoms with van der Waals surface area (Å²) in [6.07, 6.45) is 0.896. The van der Waals surface area contributed by atoms with Crippen LogP contribution in [0.25, 0.3) is 0 Å². The van der Waals surface area contributed by atoms with Gasteiger partial charge in [-0.05, 0) is 0 Å². The maximum atomic E-state index is 5.09. The highest BCUT2D eigenvalue weighted by molar-refractivity contribution is 5.19. The Morgan fingerprint density at radius 1 is 1.56 bits per heavy atom. The van der Waals surface area contributed by atoms with Crippen LogP contribution in [0.3, 0.4) is 0 Å². The van der Waals surface area contributed by atoms with Crippen LogP contribution in [0, 0.1) is 6.92 Å². The smallest absolute Gasteiger partial charge is 0.308 e. The molecule has 2 heterocycles. The minimum Gasteiger partial charge on any atom is -0.463 e. The van der Waals surface area contributed by atoms with Gasteiger partial charge in [-0.1, -0.05) is 0 Å². The molecule has 1 aliphatic rings. The molecule has 0 aliphatic carbocycles. The van der Waals surface area contributed by atoms with Gasteiger partial charge in [-0.2, -0.15) is 0 Å². The van der Waals surface area contributed by atoms with Crippen LogP contribution >= 0.6 is 0 Å². The number of oxazole rings is 1. The summed E-state index contributed by atoms with van der Waals surface area (Å²) in [7, 11) is 0. The van der Waals surface area contributed by atoms with Gasteiger partial charge in [0.25, 0.3) is 0 Å². The quantitative estimate of drug-likeness (QED) is 0.517. The van der Waals surface area contributed by atoms with Gasteiger partial charge < -0.3 is 9.15 Å². The SMILES string of the molecule is Cc1nc2c(o1)OCC2. The lowest BCUT2D eigenvalue weighted by atomic mass is 10.4. The van der Waals surface area contributed by atoms with E-state index in [1.165, 1.54) is 0 Å². The van der Waals surface area contributed by atoms with E-state index >= 15 is 0 Å². The van der Waals surface area contributed by atoms with Crippen LogP contribution < -0.4 is 4.74 Å². The average Bonchev–Trinajstić information content (AvgIpc) is 2.22. The highest BCUT2D eigenvalue weighted by Gasteiger charge is 2.17. The number of hydrogen-bond donors (Lipinski definition) is 0. The first-order valence-electron chi connectivity index (χ1n) is 2.95. The van der Waals surface area contributed by atoms with Crippen molar-refractivity contribution in [2.24, 2.45) is 0 Å². The summed E-state index contributed by atoms with van der Waals surface area (Å²) in [5, 5.41) is 0. The highest BCUT2D eigenvalue weighted by atomic mass is 16.6. The molecule has 0 saturated heterocycles. The molecule has 2 rings (SSSR count). The molecule has 0 saturated carbocycles. The number of hydrogen-bond acceptors (Lipinski definition) is 3. The summed E-state index contributed by atoms with van der Waals surface area (Å²) < 4.78 is 10.2. The molecule has 1 aromatic rings. The van der Waals surface area contributed by atoms with Crippen LogP contribution in [0.1, 0.15) is 11.6 Å². The average molecular weight is 125 g/mol. The van der Waals surface area contributed by atoms with Gasteiger partial charge in [-0.15, -0.1) is 0 Å². The Bertz CT molecular complexity index is 207. The first-order valence-corrected chi connectivity index (χ1v) is 2.95. The molecular formula is C6H7NO2. The van der Waals surface area contributed by atoms with E-state index in [1.54, 1.807) is 0 Å². The first-order chi connectivity index (χ1) is 4.36. The summed E-state index contributed by atoms with van der Waals surface area (Å²) in [6, 6.07) is 0. The summed E-state index contributed by atoms with van der Waals surface area (Å²) in [5.74, 6) is 1.31. The second-order valence-corrected chi connectivity index (χ2v) is 2.07. The van der Waals surface area contributed by atoms with E-state index < -0.39 is 0 Å². The van der Waals surface area contributed by atoms with Gasteiger partial charge in [0.2, 0.25) is 0 Å². The van der Waals surface area contributed by atoms with Crippen LogP contribution in [0.5, 0.6) is 5.95 Å². The molecule has 1 aliphatic heterocycles. The second-order valence-electron chi connectivity index (χ2n) is 2.07. The topological polar surface area (TPSA) is 35.3 Å². The molecule has 0 atom stereocenters. The molecule has 0 fully saturated rings. The first kappa shape index (κ1) is 4.85. The van der Waals surface area contributed by atoms with Crippen LogP contribution in [-0.2, 0) is 6.42 Å². The Kier molecular flexibility index (Phi) is 0.806. The minimum absolute atomic E-state index is 0.618. The maximum absolute atomic E-state index is 5.09. The van der Waals surface area contributed by atoms with E-state index in [4.69, 9.17) is 9.15 Å². The van der Waals surface area contributed by atoms with Crippen molar-refractivity contribution in [3.8, 4) is 5.95 Å². The van der Waals surface area contributed by atoms with Gasteiger partial charge in [0.15, 0.2) is 5.89 Å². The summed E-state index contributed by atoms with van der Waals surface area (Å²) in [6.45, 7) is 2.54. The van der Waals surface area contributed by atoms with Gasteiger partial charge in [0.05, 0.1) is 6.61 Å². The minimum atomic E-state index is 0.618. The Labute approximate surface area is 52.6 Å². The fraction of sp³-hybridized carbons (Fsp3) is 0.500. The van der Waals surface area contributed by atoms with Crippen LogP contribution in [0.2, 0.25) is 0 Å². The zero-order chi connectivity index (χ0) is 6.27. The summed E-state index contributed by atoms with van der Waals surface area (Å²) in [4.78, 5) is 4.10. The fourth-order valence-electron chi connectivity index (χ4n) is 0.963. The summed E-state index contributed by atoms with van der Waals surface area (Å²) in [5.41, 5.74) is 0.965. The number of ether oxygens (including phenoxy) is 1. The van der Waals surface area contributed by atoms with Crippen molar-refractivity contribution in [3.63, 3.8) is 0 Å². The van der Waals surface area contributed by atoms with Gasteiger partial charge in [0, 0.05) is 13.3 Å². The lowest BCUT2D eigenvalue weighted by Crippen LogP contribution is -1.88.